The predicted molar refractivity (Wildman–Crippen MR) is 80.6 cm³/mol. The van der Waals surface area contributed by atoms with Crippen molar-refractivity contribution in [1.29, 1.82) is 0 Å². The van der Waals surface area contributed by atoms with E-state index in [4.69, 9.17) is 4.74 Å². The summed E-state index contributed by atoms with van der Waals surface area (Å²) in [6.07, 6.45) is 2.39. The number of likely N-dealkylation sites (tertiary alicyclic amines) is 1. The minimum absolute atomic E-state index is 0.0655. The van der Waals surface area contributed by atoms with Gasteiger partial charge in [-0.1, -0.05) is 11.6 Å². The van der Waals surface area contributed by atoms with Gasteiger partial charge in [0.15, 0.2) is 0 Å². The predicted octanol–water partition coefficient (Wildman–Crippen LogP) is 1.70. The van der Waals surface area contributed by atoms with E-state index in [0.29, 0.717) is 18.5 Å². The van der Waals surface area contributed by atoms with Crippen molar-refractivity contribution in [2.24, 2.45) is 0 Å². The smallest absolute Gasteiger partial charge is 0.259 e. The maximum Gasteiger partial charge on any atom is 0.259 e. The largest absolute Gasteiger partial charge is 0.380 e. The molecule has 0 spiro atoms. The first-order valence-corrected chi connectivity index (χ1v) is 7.04. The monoisotopic (exact) mass is 286 g/mol. The number of aryl methyl sites for hydroxylation is 1. The lowest BCUT2D eigenvalue weighted by Gasteiger charge is -2.16. The van der Waals surface area contributed by atoms with E-state index < -0.39 is 0 Å². The second kappa shape index (κ2) is 5.33. The van der Waals surface area contributed by atoms with Crippen molar-refractivity contribution in [1.82, 2.24) is 9.88 Å². The highest BCUT2D eigenvalue weighted by molar-refractivity contribution is 5.97. The molecule has 1 atom stereocenters. The van der Waals surface area contributed by atoms with Crippen molar-refractivity contribution >= 4 is 16.8 Å². The molecule has 1 aliphatic heterocycles. The normalized spacial score (nSPS) is 18.4. The average molecular weight is 286 g/mol. The molecule has 5 nitrogen and oxygen atoms in total. The van der Waals surface area contributed by atoms with Gasteiger partial charge in [-0.25, -0.2) is 0 Å². The standard InChI is InChI=1S/C16H18N2O3/c1-10-3-4-14-12(7-10)15(19)13(8-17-14)16(20)18-6-5-11(9-18)21-2/h3-4,7-8,11H,5-6,9H2,1-2H3,(H,17,19). The van der Waals surface area contributed by atoms with Crippen LogP contribution in [-0.2, 0) is 4.74 Å². The summed E-state index contributed by atoms with van der Waals surface area (Å²) in [5, 5.41) is 0.559. The van der Waals surface area contributed by atoms with Gasteiger partial charge in [-0.05, 0) is 25.5 Å². The highest BCUT2D eigenvalue weighted by atomic mass is 16.5. The van der Waals surface area contributed by atoms with Crippen LogP contribution in [0.4, 0.5) is 0 Å². The molecule has 1 aromatic carbocycles. The molecule has 0 saturated carbocycles. The van der Waals surface area contributed by atoms with E-state index in [1.165, 1.54) is 6.20 Å². The van der Waals surface area contributed by atoms with Gasteiger partial charge in [0.1, 0.15) is 5.56 Å². The molecule has 1 saturated heterocycles. The Morgan fingerprint density at radius 3 is 2.95 bits per heavy atom. The number of ether oxygens (including phenoxy) is 1. The molecule has 21 heavy (non-hydrogen) atoms. The maximum atomic E-state index is 12.5. The lowest BCUT2D eigenvalue weighted by atomic mass is 10.1. The Morgan fingerprint density at radius 1 is 1.43 bits per heavy atom. The molecule has 0 bridgehead atoms. The van der Waals surface area contributed by atoms with E-state index >= 15 is 0 Å². The Bertz CT molecular complexity index is 751. The summed E-state index contributed by atoms with van der Waals surface area (Å²) in [5.41, 5.74) is 1.74. The number of amides is 1. The first-order chi connectivity index (χ1) is 10.1. The SMILES string of the molecule is COC1CCN(C(=O)c2c[nH]c3ccc(C)cc3c2=O)C1. The number of benzene rings is 1. The number of H-pyrrole nitrogens is 1. The van der Waals surface area contributed by atoms with E-state index in [1.54, 1.807) is 12.0 Å². The fraction of sp³-hybridized carbons (Fsp3) is 0.375. The van der Waals surface area contributed by atoms with Crippen LogP contribution in [0.15, 0.2) is 29.2 Å². The van der Waals surface area contributed by atoms with E-state index in [2.05, 4.69) is 4.98 Å². The van der Waals surface area contributed by atoms with Crippen LogP contribution in [0, 0.1) is 6.92 Å². The molecule has 3 rings (SSSR count). The van der Waals surface area contributed by atoms with Gasteiger partial charge >= 0.3 is 0 Å². The summed E-state index contributed by atoms with van der Waals surface area (Å²) >= 11 is 0. The third-order valence-corrected chi connectivity index (χ3v) is 4.03. The minimum Gasteiger partial charge on any atom is -0.380 e. The first kappa shape index (κ1) is 13.8. The first-order valence-electron chi connectivity index (χ1n) is 7.04. The van der Waals surface area contributed by atoms with Crippen molar-refractivity contribution in [2.45, 2.75) is 19.4 Å². The summed E-state index contributed by atoms with van der Waals surface area (Å²) in [6, 6.07) is 5.60. The number of aromatic nitrogens is 1. The van der Waals surface area contributed by atoms with Crippen LogP contribution in [0.25, 0.3) is 10.9 Å². The molecule has 110 valence electrons. The maximum absolute atomic E-state index is 12.5. The van der Waals surface area contributed by atoms with Crippen LogP contribution in [0.5, 0.6) is 0 Å². The van der Waals surface area contributed by atoms with Crippen LogP contribution in [0.3, 0.4) is 0 Å². The second-order valence-electron chi connectivity index (χ2n) is 5.48. The number of fused-ring (bicyclic) bond motifs is 1. The van der Waals surface area contributed by atoms with Gasteiger partial charge in [0.2, 0.25) is 5.43 Å². The Balaban J connectivity index is 1.99. The van der Waals surface area contributed by atoms with Gasteiger partial charge in [-0.3, -0.25) is 9.59 Å². The van der Waals surface area contributed by atoms with Crippen LogP contribution < -0.4 is 5.43 Å². The van der Waals surface area contributed by atoms with E-state index in [-0.39, 0.29) is 23.0 Å². The summed E-state index contributed by atoms with van der Waals surface area (Å²) in [5.74, 6) is -0.223. The van der Waals surface area contributed by atoms with Crippen molar-refractivity contribution in [3.63, 3.8) is 0 Å². The van der Waals surface area contributed by atoms with Crippen molar-refractivity contribution in [3.8, 4) is 0 Å². The van der Waals surface area contributed by atoms with Gasteiger partial charge in [0.25, 0.3) is 5.91 Å². The zero-order valence-corrected chi connectivity index (χ0v) is 12.2. The molecule has 2 heterocycles. The molecule has 2 aromatic rings. The Hall–Kier alpha value is -2.14. The molecule has 1 aliphatic rings. The van der Waals surface area contributed by atoms with Crippen LogP contribution in [-0.4, -0.2) is 42.1 Å². The van der Waals surface area contributed by atoms with Crippen LogP contribution >= 0.6 is 0 Å². The highest BCUT2D eigenvalue weighted by Gasteiger charge is 2.28. The number of aromatic amines is 1. The summed E-state index contributed by atoms with van der Waals surface area (Å²) in [7, 11) is 1.64. The molecule has 0 radical (unpaired) electrons. The summed E-state index contributed by atoms with van der Waals surface area (Å²) in [4.78, 5) is 29.8. The second-order valence-corrected chi connectivity index (χ2v) is 5.48. The quantitative estimate of drug-likeness (QED) is 0.914. The van der Waals surface area contributed by atoms with E-state index in [1.807, 2.05) is 25.1 Å². The molecule has 1 unspecified atom stereocenters. The summed E-state index contributed by atoms with van der Waals surface area (Å²) in [6.45, 7) is 3.10. The molecular weight excluding hydrogens is 268 g/mol. The topological polar surface area (TPSA) is 62.4 Å². The highest BCUT2D eigenvalue weighted by Crippen LogP contribution is 2.16. The van der Waals surface area contributed by atoms with Crippen LogP contribution in [0.2, 0.25) is 0 Å². The number of methoxy groups -OCH3 is 1. The van der Waals surface area contributed by atoms with Crippen LogP contribution in [0.1, 0.15) is 22.3 Å². The molecule has 1 amide bonds. The van der Waals surface area contributed by atoms with E-state index in [0.717, 1.165) is 17.5 Å². The number of rotatable bonds is 2. The van der Waals surface area contributed by atoms with Gasteiger partial charge in [-0.2, -0.15) is 0 Å². The Labute approximate surface area is 122 Å². The van der Waals surface area contributed by atoms with Gasteiger partial charge in [0.05, 0.1) is 6.10 Å². The van der Waals surface area contributed by atoms with Gasteiger partial charge in [0, 0.05) is 37.3 Å². The third-order valence-electron chi connectivity index (χ3n) is 4.03. The summed E-state index contributed by atoms with van der Waals surface area (Å²) < 4.78 is 5.26. The lowest BCUT2D eigenvalue weighted by Crippen LogP contribution is -2.33. The fourth-order valence-electron chi connectivity index (χ4n) is 2.77. The molecule has 1 aromatic heterocycles. The number of hydrogen-bond acceptors (Lipinski definition) is 3. The van der Waals surface area contributed by atoms with Gasteiger partial charge < -0.3 is 14.6 Å². The van der Waals surface area contributed by atoms with Crippen molar-refractivity contribution < 1.29 is 9.53 Å². The zero-order chi connectivity index (χ0) is 15.0. The average Bonchev–Trinajstić information content (AvgIpc) is 2.96. The lowest BCUT2D eigenvalue weighted by molar-refractivity contribution is 0.0723. The minimum atomic E-state index is -0.223. The van der Waals surface area contributed by atoms with Crippen molar-refractivity contribution in [2.75, 3.05) is 20.2 Å². The Kier molecular flexibility index (Phi) is 3.51. The molecule has 5 heteroatoms. The van der Waals surface area contributed by atoms with E-state index in [9.17, 15) is 9.59 Å². The van der Waals surface area contributed by atoms with Crippen molar-refractivity contribution in [3.05, 3.63) is 45.7 Å². The zero-order valence-electron chi connectivity index (χ0n) is 12.2. The fourth-order valence-corrected chi connectivity index (χ4v) is 2.77. The third kappa shape index (κ3) is 2.45. The van der Waals surface area contributed by atoms with Gasteiger partial charge in [-0.15, -0.1) is 0 Å². The number of nitrogens with one attached hydrogen (secondary N) is 1. The number of hydrogen-bond donors (Lipinski definition) is 1. The Morgan fingerprint density at radius 2 is 2.24 bits per heavy atom. The number of carbonyl (C=O) groups excluding carboxylic acids is 1. The number of pyridine rings is 1. The molecule has 0 aliphatic carbocycles. The number of carbonyl (C=O) groups is 1. The molecular formula is C16H18N2O3. The molecule has 1 N–H and O–H groups in total. The number of nitrogens with zero attached hydrogens (tertiary/aromatic N) is 1. The molecule has 1 fully saturated rings.